The van der Waals surface area contributed by atoms with E-state index in [0.29, 0.717) is 22.1 Å². The third-order valence-corrected chi connectivity index (χ3v) is 3.43. The zero-order valence-corrected chi connectivity index (χ0v) is 12.5. The van der Waals surface area contributed by atoms with Gasteiger partial charge in [0.05, 0.1) is 27.0 Å². The van der Waals surface area contributed by atoms with E-state index in [1.54, 1.807) is 6.07 Å². The van der Waals surface area contributed by atoms with Crippen LogP contribution < -0.4 is 11.1 Å². The Morgan fingerprint density at radius 3 is 2.47 bits per heavy atom. The van der Waals surface area contributed by atoms with Gasteiger partial charge in [0.1, 0.15) is 0 Å². The lowest BCUT2D eigenvalue weighted by Crippen LogP contribution is -1.98. The molecular formula is C12H9ClIN3O2. The molecular weight excluding hydrogens is 381 g/mol. The fourth-order valence-electron chi connectivity index (χ4n) is 1.51. The van der Waals surface area contributed by atoms with E-state index in [-0.39, 0.29) is 5.69 Å². The molecule has 0 aliphatic heterocycles. The number of nitro benzene ring substituents is 1. The molecule has 98 valence electrons. The maximum absolute atomic E-state index is 10.6. The minimum absolute atomic E-state index is 0.0447. The largest absolute Gasteiger partial charge is 0.397 e. The van der Waals surface area contributed by atoms with Crippen molar-refractivity contribution < 1.29 is 4.92 Å². The van der Waals surface area contributed by atoms with Gasteiger partial charge in [-0.15, -0.1) is 0 Å². The van der Waals surface area contributed by atoms with Crippen LogP contribution in [0.4, 0.5) is 22.7 Å². The number of nitrogens with two attached hydrogens (primary N) is 1. The van der Waals surface area contributed by atoms with Crippen molar-refractivity contribution in [3.63, 3.8) is 0 Å². The van der Waals surface area contributed by atoms with Gasteiger partial charge in [0.15, 0.2) is 0 Å². The third-order valence-electron chi connectivity index (χ3n) is 2.45. The number of hydrogen-bond acceptors (Lipinski definition) is 4. The van der Waals surface area contributed by atoms with Crippen LogP contribution in [0.15, 0.2) is 36.4 Å². The molecule has 7 heteroatoms. The highest BCUT2D eigenvalue weighted by Gasteiger charge is 2.09. The number of nitro groups is 1. The summed E-state index contributed by atoms with van der Waals surface area (Å²) in [5.41, 5.74) is 7.30. The van der Waals surface area contributed by atoms with Crippen LogP contribution in [0.1, 0.15) is 0 Å². The molecule has 0 saturated heterocycles. The van der Waals surface area contributed by atoms with Crippen LogP contribution in [-0.2, 0) is 0 Å². The fourth-order valence-corrected chi connectivity index (χ4v) is 2.42. The molecule has 19 heavy (non-hydrogen) atoms. The summed E-state index contributed by atoms with van der Waals surface area (Å²) in [6.07, 6.45) is 0. The zero-order chi connectivity index (χ0) is 14.0. The molecule has 0 fully saturated rings. The maximum Gasteiger partial charge on any atom is 0.271 e. The average Bonchev–Trinajstić information content (AvgIpc) is 2.34. The van der Waals surface area contributed by atoms with E-state index in [2.05, 4.69) is 27.9 Å². The molecule has 5 nitrogen and oxygen atoms in total. The van der Waals surface area contributed by atoms with E-state index in [4.69, 9.17) is 17.3 Å². The summed E-state index contributed by atoms with van der Waals surface area (Å²) in [4.78, 5) is 10.1. The van der Waals surface area contributed by atoms with Crippen molar-refractivity contribution in [3.05, 3.63) is 55.1 Å². The van der Waals surface area contributed by atoms with Gasteiger partial charge in [-0.3, -0.25) is 10.1 Å². The summed E-state index contributed by atoms with van der Waals surface area (Å²) in [6, 6.07) is 9.79. The average molecular weight is 390 g/mol. The summed E-state index contributed by atoms with van der Waals surface area (Å²) in [5.74, 6) is 0. The monoisotopic (exact) mass is 389 g/mol. The molecule has 0 saturated carbocycles. The van der Waals surface area contributed by atoms with Gasteiger partial charge < -0.3 is 11.1 Å². The van der Waals surface area contributed by atoms with E-state index < -0.39 is 4.92 Å². The molecule has 0 unspecified atom stereocenters. The van der Waals surface area contributed by atoms with E-state index >= 15 is 0 Å². The molecule has 0 spiro atoms. The van der Waals surface area contributed by atoms with E-state index in [1.807, 2.05) is 18.2 Å². The van der Waals surface area contributed by atoms with Crippen LogP contribution >= 0.6 is 34.2 Å². The Morgan fingerprint density at radius 2 is 1.89 bits per heavy atom. The van der Waals surface area contributed by atoms with E-state index in [0.717, 1.165) is 3.57 Å². The topological polar surface area (TPSA) is 81.2 Å². The number of halogens is 2. The third kappa shape index (κ3) is 3.27. The number of benzene rings is 2. The lowest BCUT2D eigenvalue weighted by molar-refractivity contribution is -0.384. The van der Waals surface area contributed by atoms with Gasteiger partial charge in [0.25, 0.3) is 5.69 Å². The molecule has 0 heterocycles. The van der Waals surface area contributed by atoms with Crippen molar-refractivity contribution in [1.82, 2.24) is 0 Å². The van der Waals surface area contributed by atoms with Gasteiger partial charge in [0, 0.05) is 15.7 Å². The summed E-state index contributed by atoms with van der Waals surface area (Å²) < 4.78 is 1.02. The van der Waals surface area contributed by atoms with Crippen LogP contribution in [0.5, 0.6) is 0 Å². The van der Waals surface area contributed by atoms with E-state index in [1.165, 1.54) is 12.1 Å². The quantitative estimate of drug-likeness (QED) is 0.357. The van der Waals surface area contributed by atoms with Gasteiger partial charge in [-0.05, 0) is 46.9 Å². The van der Waals surface area contributed by atoms with Gasteiger partial charge in [-0.25, -0.2) is 0 Å². The normalized spacial score (nSPS) is 10.2. The summed E-state index contributed by atoms with van der Waals surface area (Å²) >= 11 is 8.26. The first-order chi connectivity index (χ1) is 8.97. The van der Waals surface area contributed by atoms with Crippen molar-refractivity contribution in [3.8, 4) is 0 Å². The Bertz CT molecular complexity index is 649. The smallest absolute Gasteiger partial charge is 0.271 e. The van der Waals surface area contributed by atoms with Gasteiger partial charge in [0.2, 0.25) is 0 Å². The number of anilines is 3. The molecule has 2 aromatic carbocycles. The first kappa shape index (κ1) is 13.9. The van der Waals surface area contributed by atoms with Crippen molar-refractivity contribution >= 4 is 56.9 Å². The van der Waals surface area contributed by atoms with Crippen LogP contribution in [0, 0.1) is 13.7 Å². The first-order valence-corrected chi connectivity index (χ1v) is 6.69. The highest BCUT2D eigenvalue weighted by Crippen LogP contribution is 2.31. The van der Waals surface area contributed by atoms with Crippen LogP contribution in [-0.4, -0.2) is 4.92 Å². The zero-order valence-electron chi connectivity index (χ0n) is 9.56. The molecule has 2 rings (SSSR count). The van der Waals surface area contributed by atoms with Crippen LogP contribution in [0.25, 0.3) is 0 Å². The number of non-ortho nitro benzene ring substituents is 1. The molecule has 2 aromatic rings. The number of nitrogen functional groups attached to an aromatic ring is 1. The Hall–Kier alpha value is -1.54. The fraction of sp³-hybridized carbons (Fsp3) is 0. The lowest BCUT2D eigenvalue weighted by Gasteiger charge is -2.10. The van der Waals surface area contributed by atoms with E-state index in [9.17, 15) is 10.1 Å². The minimum atomic E-state index is -0.488. The second-order valence-electron chi connectivity index (χ2n) is 3.78. The van der Waals surface area contributed by atoms with Gasteiger partial charge >= 0.3 is 0 Å². The first-order valence-electron chi connectivity index (χ1n) is 5.23. The predicted molar refractivity (Wildman–Crippen MR) is 85.0 cm³/mol. The number of nitrogens with one attached hydrogen (secondary N) is 1. The Labute approximate surface area is 128 Å². The standard InChI is InChI=1S/C12H9ClIN3O2/c13-9-5-7(14)1-3-11(9)16-12-4-2-8(17(18)19)6-10(12)15/h1-6,16H,15H2. The number of hydrogen-bond donors (Lipinski definition) is 2. The van der Waals surface area contributed by atoms with Crippen LogP contribution in [0.2, 0.25) is 5.02 Å². The molecule has 0 amide bonds. The molecule has 0 aliphatic rings. The van der Waals surface area contributed by atoms with Crippen molar-refractivity contribution in [2.24, 2.45) is 0 Å². The predicted octanol–water partition coefficient (Wildman–Crippen LogP) is 4.18. The molecule has 0 radical (unpaired) electrons. The second kappa shape index (κ2) is 5.62. The van der Waals surface area contributed by atoms with Gasteiger partial charge in [-0.1, -0.05) is 11.6 Å². The number of rotatable bonds is 3. The molecule has 3 N–H and O–H groups in total. The highest BCUT2D eigenvalue weighted by molar-refractivity contribution is 14.1. The summed E-state index contributed by atoms with van der Waals surface area (Å²) in [6.45, 7) is 0. The molecule has 0 bridgehead atoms. The van der Waals surface area contributed by atoms with Crippen molar-refractivity contribution in [2.75, 3.05) is 11.1 Å². The lowest BCUT2D eigenvalue weighted by atomic mass is 10.2. The molecule has 0 aliphatic carbocycles. The maximum atomic E-state index is 10.6. The van der Waals surface area contributed by atoms with Crippen molar-refractivity contribution in [2.45, 2.75) is 0 Å². The summed E-state index contributed by atoms with van der Waals surface area (Å²) in [5, 5.41) is 14.2. The van der Waals surface area contributed by atoms with Crippen molar-refractivity contribution in [1.29, 1.82) is 0 Å². The second-order valence-corrected chi connectivity index (χ2v) is 5.43. The summed E-state index contributed by atoms with van der Waals surface area (Å²) in [7, 11) is 0. The Morgan fingerprint density at radius 1 is 1.21 bits per heavy atom. The van der Waals surface area contributed by atoms with Gasteiger partial charge in [-0.2, -0.15) is 0 Å². The highest BCUT2D eigenvalue weighted by atomic mass is 127. The van der Waals surface area contributed by atoms with Crippen LogP contribution in [0.3, 0.4) is 0 Å². The molecule has 0 aromatic heterocycles. The Balaban J connectivity index is 2.31. The minimum Gasteiger partial charge on any atom is -0.397 e. The number of nitrogens with zero attached hydrogens (tertiary/aromatic N) is 1. The Kier molecular flexibility index (Phi) is 4.11. The molecule has 0 atom stereocenters. The SMILES string of the molecule is Nc1cc([N+](=O)[O-])ccc1Nc1ccc(I)cc1Cl.